The molecule has 3 aromatic rings. The van der Waals surface area contributed by atoms with Gasteiger partial charge in [0.25, 0.3) is 5.92 Å². The number of alkyl halides is 2. The van der Waals surface area contributed by atoms with E-state index in [1.807, 2.05) is 31.3 Å². The number of hydrogen-bond donors (Lipinski definition) is 3. The third kappa shape index (κ3) is 4.78. The lowest BCUT2D eigenvalue weighted by Crippen LogP contribution is -2.54. The maximum Gasteiger partial charge on any atom is 0.286 e. The van der Waals surface area contributed by atoms with Gasteiger partial charge in [-0.15, -0.1) is 0 Å². The van der Waals surface area contributed by atoms with Crippen molar-refractivity contribution in [1.29, 1.82) is 0 Å². The highest BCUT2D eigenvalue weighted by molar-refractivity contribution is 5.75. The summed E-state index contributed by atoms with van der Waals surface area (Å²) >= 11 is 0. The van der Waals surface area contributed by atoms with Gasteiger partial charge in [0.05, 0.1) is 30.6 Å². The Morgan fingerprint density at radius 3 is 2.83 bits per heavy atom. The summed E-state index contributed by atoms with van der Waals surface area (Å²) in [6.07, 6.45) is 2.63. The van der Waals surface area contributed by atoms with Gasteiger partial charge in [0.1, 0.15) is 5.69 Å². The molecule has 0 radical (unpaired) electrons. The maximum atomic E-state index is 13.7. The summed E-state index contributed by atoms with van der Waals surface area (Å²) in [5, 5.41) is 23.6. The minimum Gasteiger partial charge on any atom is -0.396 e. The highest BCUT2D eigenvalue weighted by Crippen LogP contribution is 2.38. The van der Waals surface area contributed by atoms with Gasteiger partial charge in [0.2, 0.25) is 0 Å². The summed E-state index contributed by atoms with van der Waals surface area (Å²) in [7, 11) is 0. The zero-order valence-corrected chi connectivity index (χ0v) is 20.3. The average Bonchev–Trinajstić information content (AvgIpc) is 2.88. The molecule has 0 aliphatic carbocycles. The smallest absolute Gasteiger partial charge is 0.286 e. The fourth-order valence-electron chi connectivity index (χ4n) is 5.04. The monoisotopic (exact) mass is 496 g/mol. The number of morpholine rings is 1. The first-order chi connectivity index (χ1) is 17.2. The van der Waals surface area contributed by atoms with Gasteiger partial charge in [-0.25, -0.2) is 0 Å². The summed E-state index contributed by atoms with van der Waals surface area (Å²) in [6, 6.07) is 10.7. The van der Waals surface area contributed by atoms with Crippen LogP contribution in [0.4, 0.5) is 20.2 Å². The molecule has 2 aromatic heterocycles. The van der Waals surface area contributed by atoms with E-state index in [0.29, 0.717) is 30.9 Å². The number of fused-ring (bicyclic) bond motifs is 3. The number of benzene rings is 1. The van der Waals surface area contributed by atoms with Gasteiger partial charge in [0.15, 0.2) is 6.23 Å². The molecule has 1 unspecified atom stereocenters. The first-order valence-corrected chi connectivity index (χ1v) is 12.1. The van der Waals surface area contributed by atoms with Crippen LogP contribution in [0.2, 0.25) is 0 Å². The van der Waals surface area contributed by atoms with Gasteiger partial charge in [-0.05, 0) is 54.8 Å². The number of halogens is 2. The van der Waals surface area contributed by atoms with E-state index in [1.54, 1.807) is 0 Å². The van der Waals surface area contributed by atoms with Crippen LogP contribution in [0, 0.1) is 12.8 Å². The number of rotatable bonds is 6. The second kappa shape index (κ2) is 9.72. The zero-order chi connectivity index (χ0) is 25.4. The minimum atomic E-state index is -3.09. The molecule has 3 atom stereocenters. The van der Waals surface area contributed by atoms with Gasteiger partial charge in [0, 0.05) is 55.2 Å². The van der Waals surface area contributed by atoms with E-state index in [4.69, 9.17) is 9.72 Å². The molecule has 0 saturated carbocycles. The standard InChI is InChI=1S/C27H30F2N4O3/c1-16-3-4-20(32-26(35)17-5-6-30-25(11-17)27(2,28)29)12-21(16)18-10-23-22(31-13-18)9-19(14-34)24-15-36-8-7-33(23)24/h3-6,10-13,19,24,26,32,34-35H,7-9,14-15H2,1-2H3/t19-,24+,26?/m0/s1. The van der Waals surface area contributed by atoms with Gasteiger partial charge in [-0.3, -0.25) is 9.97 Å². The van der Waals surface area contributed by atoms with E-state index >= 15 is 0 Å². The lowest BCUT2D eigenvalue weighted by molar-refractivity contribution is 0.0125. The van der Waals surface area contributed by atoms with Crippen molar-refractivity contribution in [3.05, 3.63) is 71.3 Å². The molecule has 0 spiro atoms. The molecule has 0 bridgehead atoms. The molecule has 3 N–H and O–H groups in total. The molecule has 5 rings (SSSR count). The van der Waals surface area contributed by atoms with Crippen molar-refractivity contribution in [2.45, 2.75) is 38.5 Å². The molecular formula is C27H30F2N4O3. The lowest BCUT2D eigenvalue weighted by Gasteiger charge is -2.45. The minimum absolute atomic E-state index is 0.0910. The van der Waals surface area contributed by atoms with Crippen molar-refractivity contribution in [2.24, 2.45) is 5.92 Å². The lowest BCUT2D eigenvalue weighted by atomic mass is 9.87. The number of anilines is 2. The number of ether oxygens (including phenoxy) is 1. The molecule has 1 aromatic carbocycles. The van der Waals surface area contributed by atoms with E-state index in [0.717, 1.165) is 41.5 Å². The normalized spacial score (nSPS) is 20.4. The van der Waals surface area contributed by atoms with Crippen LogP contribution >= 0.6 is 0 Å². The molecule has 36 heavy (non-hydrogen) atoms. The number of nitrogens with zero attached hydrogens (tertiary/aromatic N) is 3. The Bertz CT molecular complexity index is 1250. The Morgan fingerprint density at radius 2 is 2.06 bits per heavy atom. The number of aliphatic hydroxyl groups excluding tert-OH is 2. The molecule has 2 aliphatic rings. The molecule has 0 amide bonds. The predicted octanol–water partition coefficient (Wildman–Crippen LogP) is 4.04. The first kappa shape index (κ1) is 24.5. The number of hydrogen-bond acceptors (Lipinski definition) is 7. The molecule has 190 valence electrons. The van der Waals surface area contributed by atoms with E-state index in [-0.39, 0.29) is 18.6 Å². The molecule has 4 heterocycles. The molecule has 2 aliphatic heterocycles. The van der Waals surface area contributed by atoms with Gasteiger partial charge in [-0.2, -0.15) is 8.78 Å². The van der Waals surface area contributed by atoms with E-state index < -0.39 is 17.8 Å². The van der Waals surface area contributed by atoms with Crippen molar-refractivity contribution in [3.63, 3.8) is 0 Å². The number of aryl methyl sites for hydroxylation is 1. The SMILES string of the molecule is Cc1ccc(NC(O)c2ccnc(C(C)(F)F)c2)cc1-c1cnc2c(c1)N1CCOC[C@@H]1[C@H](CO)C2. The second-order valence-corrected chi connectivity index (χ2v) is 9.61. The van der Waals surface area contributed by atoms with E-state index in [9.17, 15) is 19.0 Å². The van der Waals surface area contributed by atoms with Crippen LogP contribution in [-0.4, -0.2) is 52.6 Å². The third-order valence-corrected chi connectivity index (χ3v) is 7.06. The van der Waals surface area contributed by atoms with E-state index in [2.05, 4.69) is 21.3 Å². The quantitative estimate of drug-likeness (QED) is 0.444. The molecule has 1 saturated heterocycles. The summed E-state index contributed by atoms with van der Waals surface area (Å²) in [5.41, 5.74) is 5.52. The topological polar surface area (TPSA) is 90.7 Å². The Kier molecular flexibility index (Phi) is 6.63. The van der Waals surface area contributed by atoms with Crippen molar-refractivity contribution in [3.8, 4) is 11.1 Å². The van der Waals surface area contributed by atoms with Crippen molar-refractivity contribution in [1.82, 2.24) is 9.97 Å². The Hall–Kier alpha value is -3.14. The van der Waals surface area contributed by atoms with Crippen molar-refractivity contribution in [2.75, 3.05) is 36.6 Å². The van der Waals surface area contributed by atoms with Crippen LogP contribution in [0.5, 0.6) is 0 Å². The highest BCUT2D eigenvalue weighted by atomic mass is 19.3. The fraction of sp³-hybridized carbons (Fsp3) is 0.407. The van der Waals surface area contributed by atoms with Crippen LogP contribution in [0.1, 0.15) is 35.7 Å². The van der Waals surface area contributed by atoms with E-state index in [1.165, 1.54) is 18.3 Å². The average molecular weight is 497 g/mol. The number of pyridine rings is 2. The first-order valence-electron chi connectivity index (χ1n) is 12.1. The summed E-state index contributed by atoms with van der Waals surface area (Å²) in [6.45, 7) is 4.85. The van der Waals surface area contributed by atoms with Crippen LogP contribution < -0.4 is 10.2 Å². The summed E-state index contributed by atoms with van der Waals surface area (Å²) in [5.74, 6) is -3.00. The predicted molar refractivity (Wildman–Crippen MR) is 133 cm³/mol. The van der Waals surface area contributed by atoms with Gasteiger partial charge in [-0.1, -0.05) is 6.07 Å². The third-order valence-electron chi connectivity index (χ3n) is 7.06. The highest BCUT2D eigenvalue weighted by Gasteiger charge is 2.37. The van der Waals surface area contributed by atoms with Crippen LogP contribution in [-0.2, 0) is 17.1 Å². The maximum absolute atomic E-state index is 13.7. The Labute approximate surface area is 208 Å². The molecule has 9 heteroatoms. The summed E-state index contributed by atoms with van der Waals surface area (Å²) in [4.78, 5) is 10.8. The Balaban J connectivity index is 1.43. The van der Waals surface area contributed by atoms with Crippen molar-refractivity contribution >= 4 is 11.4 Å². The second-order valence-electron chi connectivity index (χ2n) is 9.61. The number of nitrogens with one attached hydrogen (secondary N) is 1. The van der Waals surface area contributed by atoms with Crippen LogP contribution in [0.15, 0.2) is 48.8 Å². The molecule has 1 fully saturated rings. The zero-order valence-electron chi connectivity index (χ0n) is 20.3. The number of aromatic nitrogens is 2. The molecular weight excluding hydrogens is 466 g/mol. The van der Waals surface area contributed by atoms with Gasteiger partial charge >= 0.3 is 0 Å². The largest absolute Gasteiger partial charge is 0.396 e. The summed E-state index contributed by atoms with van der Waals surface area (Å²) < 4.78 is 33.0. The fourth-order valence-corrected chi connectivity index (χ4v) is 5.04. The van der Waals surface area contributed by atoms with Crippen LogP contribution in [0.25, 0.3) is 11.1 Å². The Morgan fingerprint density at radius 1 is 1.22 bits per heavy atom. The van der Waals surface area contributed by atoms with Crippen LogP contribution in [0.3, 0.4) is 0 Å². The number of aliphatic hydroxyl groups is 2. The van der Waals surface area contributed by atoms with Crippen molar-refractivity contribution < 1.29 is 23.7 Å². The molecule has 7 nitrogen and oxygen atoms in total. The van der Waals surface area contributed by atoms with Gasteiger partial charge < -0.3 is 25.2 Å².